The van der Waals surface area contributed by atoms with E-state index in [0.717, 1.165) is 29.1 Å². The quantitative estimate of drug-likeness (QED) is 0.881. The van der Waals surface area contributed by atoms with E-state index >= 15 is 0 Å². The van der Waals surface area contributed by atoms with Gasteiger partial charge < -0.3 is 10.0 Å². The summed E-state index contributed by atoms with van der Waals surface area (Å²) in [7, 11) is 0. The largest absolute Gasteiger partial charge is 0.391 e. The molecule has 0 aliphatic carbocycles. The Morgan fingerprint density at radius 1 is 1.35 bits per heavy atom. The summed E-state index contributed by atoms with van der Waals surface area (Å²) in [6.07, 6.45) is 5.78. The van der Waals surface area contributed by atoms with Crippen molar-refractivity contribution >= 4 is 16.5 Å². The van der Waals surface area contributed by atoms with E-state index in [4.69, 9.17) is 5.11 Å². The molecule has 1 N–H and O–H groups in total. The minimum absolute atomic E-state index is 0.112. The lowest BCUT2D eigenvalue weighted by Crippen LogP contribution is -2.35. The molecule has 1 aromatic rings. The van der Waals surface area contributed by atoms with Crippen molar-refractivity contribution < 1.29 is 5.11 Å². The van der Waals surface area contributed by atoms with Crippen molar-refractivity contribution in [2.24, 2.45) is 0 Å². The first-order valence-corrected chi connectivity index (χ1v) is 7.23. The molecule has 0 bridgehead atoms. The molecular weight excluding hydrogens is 234 g/mol. The highest BCUT2D eigenvalue weighted by atomic mass is 32.1. The maximum atomic E-state index is 9.06. The second-order valence-corrected chi connectivity index (χ2v) is 5.99. The van der Waals surface area contributed by atoms with Crippen LogP contribution in [0.5, 0.6) is 0 Å². The van der Waals surface area contributed by atoms with Gasteiger partial charge in [-0.25, -0.2) is 4.98 Å². The highest BCUT2D eigenvalue weighted by Gasteiger charge is 2.30. The molecule has 1 aromatic heterocycles. The van der Waals surface area contributed by atoms with Crippen LogP contribution in [0.25, 0.3) is 0 Å². The van der Waals surface area contributed by atoms with Crippen molar-refractivity contribution in [1.82, 2.24) is 9.88 Å². The van der Waals surface area contributed by atoms with Gasteiger partial charge in [0, 0.05) is 25.3 Å². The summed E-state index contributed by atoms with van der Waals surface area (Å²) in [5, 5.41) is 10.1. The van der Waals surface area contributed by atoms with Crippen LogP contribution in [-0.2, 0) is 6.61 Å². The van der Waals surface area contributed by atoms with Crippen molar-refractivity contribution in [2.45, 2.75) is 31.9 Å². The molecule has 0 amide bonds. The number of thiazole rings is 1. The molecule has 2 fully saturated rings. The number of aliphatic hydroxyl groups excluding tert-OH is 1. The van der Waals surface area contributed by atoms with E-state index in [1.165, 1.54) is 32.4 Å². The van der Waals surface area contributed by atoms with E-state index in [1.807, 2.05) is 0 Å². The molecule has 5 heteroatoms. The van der Waals surface area contributed by atoms with Gasteiger partial charge >= 0.3 is 0 Å². The van der Waals surface area contributed by atoms with E-state index in [9.17, 15) is 0 Å². The van der Waals surface area contributed by atoms with Crippen LogP contribution in [0.2, 0.25) is 0 Å². The zero-order valence-corrected chi connectivity index (χ0v) is 10.8. The Balaban J connectivity index is 1.62. The molecule has 0 aromatic carbocycles. The van der Waals surface area contributed by atoms with Crippen molar-refractivity contribution in [3.05, 3.63) is 11.1 Å². The number of nitrogens with zero attached hydrogens (tertiary/aromatic N) is 3. The van der Waals surface area contributed by atoms with Crippen LogP contribution >= 0.6 is 11.3 Å². The number of anilines is 1. The molecule has 3 rings (SSSR count). The number of likely N-dealkylation sites (tertiary alicyclic amines) is 1. The molecule has 1 atom stereocenters. The number of hydrogen-bond donors (Lipinski definition) is 1. The van der Waals surface area contributed by atoms with Crippen molar-refractivity contribution in [3.63, 3.8) is 0 Å². The molecule has 94 valence electrons. The summed E-state index contributed by atoms with van der Waals surface area (Å²) in [5.74, 6) is 0. The van der Waals surface area contributed by atoms with Gasteiger partial charge in [0.2, 0.25) is 0 Å². The Bertz CT molecular complexity index is 376. The van der Waals surface area contributed by atoms with Crippen molar-refractivity contribution in [1.29, 1.82) is 0 Å². The van der Waals surface area contributed by atoms with Gasteiger partial charge in [-0.05, 0) is 32.4 Å². The van der Waals surface area contributed by atoms with Crippen molar-refractivity contribution in [3.8, 4) is 0 Å². The lowest BCUT2D eigenvalue weighted by Gasteiger charge is -2.23. The zero-order chi connectivity index (χ0) is 11.7. The molecule has 4 nitrogen and oxygen atoms in total. The van der Waals surface area contributed by atoms with E-state index in [-0.39, 0.29) is 6.61 Å². The number of rotatable bonds is 3. The zero-order valence-electron chi connectivity index (χ0n) is 10.0. The normalized spacial score (nSPS) is 25.9. The van der Waals surface area contributed by atoms with Gasteiger partial charge in [-0.3, -0.25) is 4.90 Å². The van der Waals surface area contributed by atoms with Gasteiger partial charge in [-0.2, -0.15) is 0 Å². The molecule has 3 heterocycles. The summed E-state index contributed by atoms with van der Waals surface area (Å²) in [5.41, 5.74) is 0. The minimum atomic E-state index is 0.112. The fraction of sp³-hybridized carbons (Fsp3) is 0.750. The Labute approximate surface area is 106 Å². The molecule has 2 aliphatic rings. The van der Waals surface area contributed by atoms with Crippen LogP contribution in [0.3, 0.4) is 0 Å². The van der Waals surface area contributed by atoms with Crippen molar-refractivity contribution in [2.75, 3.05) is 31.1 Å². The molecule has 2 aliphatic heterocycles. The smallest absolute Gasteiger partial charge is 0.185 e. The third kappa shape index (κ3) is 2.32. The predicted molar refractivity (Wildman–Crippen MR) is 69.5 cm³/mol. The van der Waals surface area contributed by atoms with E-state index < -0.39 is 0 Å². The Hall–Kier alpha value is -0.650. The first kappa shape index (κ1) is 11.4. The van der Waals surface area contributed by atoms with E-state index in [0.29, 0.717) is 0 Å². The van der Waals surface area contributed by atoms with Gasteiger partial charge in [0.25, 0.3) is 0 Å². The van der Waals surface area contributed by atoms with Crippen LogP contribution in [-0.4, -0.2) is 47.2 Å². The Kier molecular flexibility index (Phi) is 3.31. The standard InChI is InChI=1S/C12H19N3OS/c16-9-11-7-13-12(17-11)15-6-3-10(8-15)14-4-1-2-5-14/h7,10,16H,1-6,8-9H2. The maximum absolute atomic E-state index is 9.06. The summed E-state index contributed by atoms with van der Waals surface area (Å²) in [4.78, 5) is 10.4. The topological polar surface area (TPSA) is 39.6 Å². The highest BCUT2D eigenvalue weighted by Crippen LogP contribution is 2.28. The molecule has 2 saturated heterocycles. The monoisotopic (exact) mass is 253 g/mol. The average molecular weight is 253 g/mol. The second-order valence-electron chi connectivity index (χ2n) is 4.90. The summed E-state index contributed by atoms with van der Waals surface area (Å²) < 4.78 is 0. The molecule has 0 spiro atoms. The number of hydrogen-bond acceptors (Lipinski definition) is 5. The minimum Gasteiger partial charge on any atom is -0.391 e. The van der Waals surface area contributed by atoms with Crippen LogP contribution < -0.4 is 4.90 Å². The van der Waals surface area contributed by atoms with E-state index in [2.05, 4.69) is 14.8 Å². The molecule has 17 heavy (non-hydrogen) atoms. The summed E-state index contributed by atoms with van der Waals surface area (Å²) in [6, 6.07) is 0.721. The van der Waals surface area contributed by atoms with Crippen LogP contribution in [0.4, 0.5) is 5.13 Å². The third-order valence-corrected chi connectivity index (χ3v) is 4.83. The predicted octanol–water partition coefficient (Wildman–Crippen LogP) is 1.31. The molecule has 1 unspecified atom stereocenters. The number of aromatic nitrogens is 1. The lowest BCUT2D eigenvalue weighted by atomic mass is 10.2. The maximum Gasteiger partial charge on any atom is 0.185 e. The molecule has 0 saturated carbocycles. The van der Waals surface area contributed by atoms with Gasteiger partial charge in [-0.1, -0.05) is 11.3 Å². The van der Waals surface area contributed by atoms with E-state index in [1.54, 1.807) is 17.5 Å². The first-order valence-electron chi connectivity index (χ1n) is 6.41. The SMILES string of the molecule is OCc1cnc(N2CCC(N3CCCC3)C2)s1. The van der Waals surface area contributed by atoms with Crippen LogP contribution in [0.1, 0.15) is 24.1 Å². The summed E-state index contributed by atoms with van der Waals surface area (Å²) in [6.45, 7) is 4.88. The van der Waals surface area contributed by atoms with Crippen LogP contribution in [0, 0.1) is 0 Å². The van der Waals surface area contributed by atoms with Gasteiger partial charge in [0.1, 0.15) is 0 Å². The first-order chi connectivity index (χ1) is 8.36. The fourth-order valence-electron chi connectivity index (χ4n) is 2.84. The third-order valence-electron chi connectivity index (χ3n) is 3.79. The van der Waals surface area contributed by atoms with Gasteiger partial charge in [0.05, 0.1) is 11.5 Å². The fourth-order valence-corrected chi connectivity index (χ4v) is 3.64. The number of aliphatic hydroxyl groups is 1. The lowest BCUT2D eigenvalue weighted by molar-refractivity contribution is 0.260. The Morgan fingerprint density at radius 2 is 2.18 bits per heavy atom. The average Bonchev–Trinajstić information content (AvgIpc) is 3.09. The second kappa shape index (κ2) is 4.92. The van der Waals surface area contributed by atoms with Gasteiger partial charge in [-0.15, -0.1) is 0 Å². The Morgan fingerprint density at radius 3 is 2.88 bits per heavy atom. The van der Waals surface area contributed by atoms with Gasteiger partial charge in [0.15, 0.2) is 5.13 Å². The summed E-state index contributed by atoms with van der Waals surface area (Å²) >= 11 is 1.62. The highest BCUT2D eigenvalue weighted by molar-refractivity contribution is 7.15. The molecular formula is C12H19N3OS. The molecule has 0 radical (unpaired) electrons. The van der Waals surface area contributed by atoms with Crippen LogP contribution in [0.15, 0.2) is 6.20 Å².